The summed E-state index contributed by atoms with van der Waals surface area (Å²) >= 11 is 11.5. The predicted molar refractivity (Wildman–Crippen MR) is 69.3 cm³/mol. The van der Waals surface area contributed by atoms with E-state index in [1.54, 1.807) is 18.2 Å². The van der Waals surface area contributed by atoms with Crippen LogP contribution in [0, 0.1) is 0 Å². The minimum Gasteiger partial charge on any atom is -0.495 e. The minimum absolute atomic E-state index is 0.0529. The minimum atomic E-state index is -0.180. The molecule has 0 atom stereocenters. The van der Waals surface area contributed by atoms with E-state index in [1.807, 2.05) is 0 Å². The lowest BCUT2D eigenvalue weighted by Gasteiger charge is -2.10. The van der Waals surface area contributed by atoms with Crippen LogP contribution in [0.4, 0.5) is 0 Å². The molecule has 0 heterocycles. The van der Waals surface area contributed by atoms with Crippen LogP contribution in [0.25, 0.3) is 6.08 Å². The molecule has 0 saturated heterocycles. The van der Waals surface area contributed by atoms with E-state index >= 15 is 0 Å². The Kier molecular flexibility index (Phi) is 5.32. The lowest BCUT2D eigenvalue weighted by molar-refractivity contribution is -0.112. The second kappa shape index (κ2) is 6.52. The van der Waals surface area contributed by atoms with Gasteiger partial charge in [-0.1, -0.05) is 11.6 Å². The fourth-order valence-electron chi connectivity index (χ4n) is 1.28. The number of alkyl halides is 1. The first-order valence-electron chi connectivity index (χ1n) is 4.81. The van der Waals surface area contributed by atoms with E-state index < -0.39 is 0 Å². The molecule has 1 aromatic rings. The summed E-state index contributed by atoms with van der Waals surface area (Å²) in [7, 11) is 3.02. The number of benzene rings is 1. The fraction of sp³-hybridized carbons (Fsp3) is 0.250. The number of allylic oxidation sites excluding steroid dienone is 1. The van der Waals surface area contributed by atoms with Crippen LogP contribution in [0.2, 0.25) is 5.02 Å². The Morgan fingerprint density at radius 3 is 2.59 bits per heavy atom. The van der Waals surface area contributed by atoms with Crippen molar-refractivity contribution < 1.29 is 14.3 Å². The smallest absolute Gasteiger partial charge is 0.170 e. The summed E-state index contributed by atoms with van der Waals surface area (Å²) in [4.78, 5) is 11.1. The number of hydrogen-bond donors (Lipinski definition) is 0. The molecule has 0 saturated carbocycles. The summed E-state index contributed by atoms with van der Waals surface area (Å²) in [6, 6.07) is 3.46. The Morgan fingerprint density at radius 1 is 1.35 bits per heavy atom. The topological polar surface area (TPSA) is 35.5 Å². The summed E-state index contributed by atoms with van der Waals surface area (Å²) in [5.74, 6) is 0.748. The third kappa shape index (κ3) is 3.38. The van der Waals surface area contributed by atoms with E-state index in [0.717, 1.165) is 0 Å². The first-order valence-corrected chi connectivity index (χ1v) is 5.72. The van der Waals surface area contributed by atoms with Gasteiger partial charge in [-0.25, -0.2) is 0 Å². The van der Waals surface area contributed by atoms with Gasteiger partial charge in [0.1, 0.15) is 16.5 Å². The van der Waals surface area contributed by atoms with Crippen molar-refractivity contribution >= 4 is 35.1 Å². The quantitative estimate of drug-likeness (QED) is 0.611. The molecule has 0 unspecified atom stereocenters. The van der Waals surface area contributed by atoms with E-state index in [9.17, 15) is 4.79 Å². The molecule has 5 heteroatoms. The van der Waals surface area contributed by atoms with Gasteiger partial charge in [-0.3, -0.25) is 4.79 Å². The number of halogens is 2. The lowest BCUT2D eigenvalue weighted by Crippen LogP contribution is -1.94. The highest BCUT2D eigenvalue weighted by Gasteiger charge is 2.11. The van der Waals surface area contributed by atoms with Gasteiger partial charge in [0.2, 0.25) is 0 Å². The van der Waals surface area contributed by atoms with Gasteiger partial charge in [0.05, 0.1) is 20.1 Å². The Labute approximate surface area is 110 Å². The zero-order valence-electron chi connectivity index (χ0n) is 9.50. The van der Waals surface area contributed by atoms with Gasteiger partial charge in [-0.15, -0.1) is 11.6 Å². The molecule has 0 aromatic heterocycles. The number of hydrogen-bond acceptors (Lipinski definition) is 3. The number of ether oxygens (including phenoxy) is 2. The monoisotopic (exact) mass is 274 g/mol. The average molecular weight is 275 g/mol. The van der Waals surface area contributed by atoms with Crippen molar-refractivity contribution in [3.63, 3.8) is 0 Å². The van der Waals surface area contributed by atoms with Crippen LogP contribution in [0.15, 0.2) is 18.2 Å². The van der Waals surface area contributed by atoms with Gasteiger partial charge in [-0.2, -0.15) is 0 Å². The van der Waals surface area contributed by atoms with Crippen molar-refractivity contribution in [3.8, 4) is 11.5 Å². The average Bonchev–Trinajstić information content (AvgIpc) is 2.35. The molecular weight excluding hydrogens is 263 g/mol. The van der Waals surface area contributed by atoms with Gasteiger partial charge in [0, 0.05) is 5.56 Å². The zero-order chi connectivity index (χ0) is 12.8. The number of ketones is 1. The maximum Gasteiger partial charge on any atom is 0.170 e. The predicted octanol–water partition coefficient (Wildman–Crippen LogP) is 3.18. The van der Waals surface area contributed by atoms with Gasteiger partial charge < -0.3 is 9.47 Å². The maximum atomic E-state index is 11.1. The zero-order valence-corrected chi connectivity index (χ0v) is 11.0. The highest BCUT2D eigenvalue weighted by atomic mass is 35.5. The van der Waals surface area contributed by atoms with E-state index in [4.69, 9.17) is 32.7 Å². The van der Waals surface area contributed by atoms with Gasteiger partial charge in [-0.05, 0) is 24.3 Å². The van der Waals surface area contributed by atoms with Gasteiger partial charge in [0.15, 0.2) is 5.78 Å². The number of methoxy groups -OCH3 is 2. The van der Waals surface area contributed by atoms with Crippen LogP contribution in [0.3, 0.4) is 0 Å². The second-order valence-corrected chi connectivity index (χ2v) is 3.78. The molecule has 92 valence electrons. The first-order chi connectivity index (χ1) is 8.13. The molecule has 0 aliphatic heterocycles. The molecule has 0 fully saturated rings. The first kappa shape index (κ1) is 13.9. The molecule has 1 rings (SSSR count). The van der Waals surface area contributed by atoms with Crippen LogP contribution in [0.1, 0.15) is 5.56 Å². The Bertz CT molecular complexity index is 442. The molecule has 0 aliphatic carbocycles. The molecule has 0 bridgehead atoms. The van der Waals surface area contributed by atoms with Crippen molar-refractivity contribution in [2.45, 2.75) is 0 Å². The Morgan fingerprint density at radius 2 is 2.06 bits per heavy atom. The van der Waals surface area contributed by atoms with Crippen LogP contribution >= 0.6 is 23.2 Å². The van der Waals surface area contributed by atoms with Crippen LogP contribution in [0.5, 0.6) is 11.5 Å². The van der Waals surface area contributed by atoms with Crippen molar-refractivity contribution in [1.29, 1.82) is 0 Å². The molecule has 0 spiro atoms. The van der Waals surface area contributed by atoms with E-state index in [1.165, 1.54) is 20.3 Å². The third-order valence-electron chi connectivity index (χ3n) is 2.10. The molecular formula is C12H12Cl2O3. The lowest BCUT2D eigenvalue weighted by atomic mass is 10.1. The largest absolute Gasteiger partial charge is 0.495 e. The highest BCUT2D eigenvalue weighted by Crippen LogP contribution is 2.37. The third-order valence-corrected chi connectivity index (χ3v) is 2.72. The molecule has 0 N–H and O–H groups in total. The van der Waals surface area contributed by atoms with Crippen molar-refractivity contribution in [2.75, 3.05) is 20.1 Å². The fourth-order valence-corrected chi connectivity index (χ4v) is 1.69. The van der Waals surface area contributed by atoms with Crippen molar-refractivity contribution in [2.24, 2.45) is 0 Å². The normalized spacial score (nSPS) is 10.6. The van der Waals surface area contributed by atoms with Gasteiger partial charge >= 0.3 is 0 Å². The SMILES string of the molecule is COc1ccc(/C=C/C(=O)CCl)c(OC)c1Cl. The summed E-state index contributed by atoms with van der Waals surface area (Å²) < 4.78 is 10.2. The van der Waals surface area contributed by atoms with Gasteiger partial charge in [0.25, 0.3) is 0 Å². The molecule has 17 heavy (non-hydrogen) atoms. The van der Waals surface area contributed by atoms with Crippen molar-refractivity contribution in [1.82, 2.24) is 0 Å². The van der Waals surface area contributed by atoms with E-state index in [-0.39, 0.29) is 11.7 Å². The number of carbonyl (C=O) groups is 1. The molecule has 3 nitrogen and oxygen atoms in total. The van der Waals surface area contributed by atoms with Crippen LogP contribution in [-0.4, -0.2) is 25.9 Å². The summed E-state index contributed by atoms with van der Waals surface area (Å²) in [6.45, 7) is 0. The highest BCUT2D eigenvalue weighted by molar-refractivity contribution is 6.34. The van der Waals surface area contributed by atoms with E-state index in [0.29, 0.717) is 22.1 Å². The van der Waals surface area contributed by atoms with Crippen LogP contribution < -0.4 is 9.47 Å². The van der Waals surface area contributed by atoms with Crippen molar-refractivity contribution in [3.05, 3.63) is 28.8 Å². The van der Waals surface area contributed by atoms with E-state index in [2.05, 4.69) is 0 Å². The summed E-state index contributed by atoms with van der Waals surface area (Å²) in [5.41, 5.74) is 0.691. The molecule has 1 aromatic carbocycles. The Hall–Kier alpha value is -1.19. The maximum absolute atomic E-state index is 11.1. The molecule has 0 amide bonds. The molecule has 0 radical (unpaired) electrons. The van der Waals surface area contributed by atoms with Crippen LogP contribution in [-0.2, 0) is 4.79 Å². The summed E-state index contributed by atoms with van der Waals surface area (Å²) in [5, 5.41) is 0.371. The number of carbonyl (C=O) groups excluding carboxylic acids is 1. The number of rotatable bonds is 5. The second-order valence-electron chi connectivity index (χ2n) is 3.14. The summed E-state index contributed by atoms with van der Waals surface area (Å²) in [6.07, 6.45) is 2.99. The molecule has 0 aliphatic rings. The Balaban J connectivity index is 3.13. The standard InChI is InChI=1S/C12H12Cl2O3/c1-16-10-6-4-8(3-5-9(15)7-13)12(17-2)11(10)14/h3-6H,7H2,1-2H3/b5-3+.